The summed E-state index contributed by atoms with van der Waals surface area (Å²) in [6.07, 6.45) is 2.36. The normalized spacial score (nSPS) is 14.8. The van der Waals surface area contributed by atoms with E-state index in [0.717, 1.165) is 0 Å². The number of hydrogen-bond donors (Lipinski definition) is 2. The Morgan fingerprint density at radius 1 is 1.26 bits per heavy atom. The van der Waals surface area contributed by atoms with Gasteiger partial charge in [-0.1, -0.05) is 18.2 Å². The first kappa shape index (κ1) is 22.5. The number of esters is 1. The number of carboxylic acids is 1. The van der Waals surface area contributed by atoms with Crippen LogP contribution in [0.25, 0.3) is 0 Å². The number of pyridine rings is 1. The van der Waals surface area contributed by atoms with Crippen LogP contribution in [0.1, 0.15) is 35.7 Å². The number of aromatic nitrogens is 1. The first-order valence-electron chi connectivity index (χ1n) is 9.96. The summed E-state index contributed by atoms with van der Waals surface area (Å²) in [6.45, 7) is 4.66. The summed E-state index contributed by atoms with van der Waals surface area (Å²) in [4.78, 5) is 29.9. The van der Waals surface area contributed by atoms with Gasteiger partial charge in [0.15, 0.2) is 0 Å². The molecule has 0 amide bonds. The minimum atomic E-state index is -3.89. The number of anilines is 2. The van der Waals surface area contributed by atoms with Gasteiger partial charge in [0.2, 0.25) is 0 Å². The summed E-state index contributed by atoms with van der Waals surface area (Å²) in [5.41, 5.74) is 0.521. The smallest absolute Gasteiger partial charge is 0.339 e. The second-order valence-corrected chi connectivity index (χ2v) is 8.94. The molecule has 0 radical (unpaired) electrons. The number of aryl methyl sites for hydroxylation is 1. The number of ether oxygens (including phenoxy) is 1. The molecule has 0 spiro atoms. The van der Waals surface area contributed by atoms with Gasteiger partial charge in [0, 0.05) is 13.1 Å². The molecule has 2 aromatic rings. The number of carboxylic acid groups (broad SMARTS) is 1. The molecule has 0 bridgehead atoms. The number of hydrogen-bond acceptors (Lipinski definition) is 7. The van der Waals surface area contributed by atoms with Crippen LogP contribution in [0.15, 0.2) is 41.4 Å². The molecule has 9 nitrogen and oxygen atoms in total. The third-order valence-corrected chi connectivity index (χ3v) is 6.69. The quantitative estimate of drug-likeness (QED) is 0.621. The first-order valence-corrected chi connectivity index (χ1v) is 11.4. The Labute approximate surface area is 181 Å². The fourth-order valence-corrected chi connectivity index (χ4v) is 4.86. The lowest BCUT2D eigenvalue weighted by Crippen LogP contribution is -2.38. The Morgan fingerprint density at radius 3 is 2.55 bits per heavy atom. The van der Waals surface area contributed by atoms with E-state index in [2.05, 4.69) is 9.71 Å². The molecule has 0 aliphatic carbocycles. The second-order valence-electron chi connectivity index (χ2n) is 7.28. The third kappa shape index (κ3) is 5.13. The van der Waals surface area contributed by atoms with Crippen molar-refractivity contribution in [1.82, 2.24) is 4.98 Å². The van der Waals surface area contributed by atoms with E-state index in [-0.39, 0.29) is 33.9 Å². The molecule has 1 saturated heterocycles. The van der Waals surface area contributed by atoms with Crippen molar-refractivity contribution in [3.63, 3.8) is 0 Å². The summed E-state index contributed by atoms with van der Waals surface area (Å²) >= 11 is 0. The standard InChI is InChI=1S/C21H25N3O6S/c1-3-30-21(27)15-8-10-24(11-9-15)19-17(20(25)26)12-16(13-22-19)23-31(28,29)18-7-5-4-6-14(18)2/h4-7,12-13,15,23H,3,8-11H2,1-2H3,(H,25,26). The molecule has 0 saturated carbocycles. The van der Waals surface area contributed by atoms with E-state index in [0.29, 0.717) is 38.1 Å². The van der Waals surface area contributed by atoms with Crippen LogP contribution in [0.5, 0.6) is 0 Å². The van der Waals surface area contributed by atoms with E-state index in [1.165, 1.54) is 18.3 Å². The summed E-state index contributed by atoms with van der Waals surface area (Å²) in [7, 11) is -3.89. The van der Waals surface area contributed by atoms with E-state index in [1.54, 1.807) is 36.9 Å². The van der Waals surface area contributed by atoms with E-state index in [9.17, 15) is 23.1 Å². The number of rotatable bonds is 7. The topological polar surface area (TPSA) is 126 Å². The summed E-state index contributed by atoms with van der Waals surface area (Å²) < 4.78 is 32.9. The van der Waals surface area contributed by atoms with Gasteiger partial charge in [-0.15, -0.1) is 0 Å². The number of nitrogens with zero attached hydrogens (tertiary/aromatic N) is 2. The number of nitrogens with one attached hydrogen (secondary N) is 1. The zero-order valence-electron chi connectivity index (χ0n) is 17.4. The number of benzene rings is 1. The van der Waals surface area contributed by atoms with Crippen LogP contribution < -0.4 is 9.62 Å². The average molecular weight is 448 g/mol. The largest absolute Gasteiger partial charge is 0.478 e. The SMILES string of the molecule is CCOC(=O)C1CCN(c2ncc(NS(=O)(=O)c3ccccc3C)cc2C(=O)O)CC1. The molecule has 2 N–H and O–H groups in total. The minimum Gasteiger partial charge on any atom is -0.478 e. The van der Waals surface area contributed by atoms with Crippen LogP contribution >= 0.6 is 0 Å². The molecule has 1 aliphatic heterocycles. The van der Waals surface area contributed by atoms with Crippen LogP contribution in [0.3, 0.4) is 0 Å². The maximum Gasteiger partial charge on any atom is 0.339 e. The second kappa shape index (κ2) is 9.34. The van der Waals surface area contributed by atoms with Crippen molar-refractivity contribution in [2.45, 2.75) is 31.6 Å². The fourth-order valence-electron chi connectivity index (χ4n) is 3.58. The van der Waals surface area contributed by atoms with E-state index in [4.69, 9.17) is 4.74 Å². The lowest BCUT2D eigenvalue weighted by Gasteiger charge is -2.32. The zero-order valence-corrected chi connectivity index (χ0v) is 18.2. The zero-order chi connectivity index (χ0) is 22.6. The van der Waals surface area contributed by atoms with E-state index in [1.807, 2.05) is 0 Å². The van der Waals surface area contributed by atoms with Crippen molar-refractivity contribution < 1.29 is 27.9 Å². The van der Waals surface area contributed by atoms with Gasteiger partial charge in [0.1, 0.15) is 11.4 Å². The molecule has 2 heterocycles. The highest BCUT2D eigenvalue weighted by molar-refractivity contribution is 7.92. The predicted octanol–water partition coefficient (Wildman–Crippen LogP) is 2.67. The van der Waals surface area contributed by atoms with Crippen LogP contribution in [0.2, 0.25) is 0 Å². The van der Waals surface area contributed by atoms with Crippen LogP contribution in [0.4, 0.5) is 11.5 Å². The lowest BCUT2D eigenvalue weighted by atomic mass is 9.96. The highest BCUT2D eigenvalue weighted by atomic mass is 32.2. The number of carbonyl (C=O) groups excluding carboxylic acids is 1. The van der Waals surface area contributed by atoms with Gasteiger partial charge < -0.3 is 14.7 Å². The lowest BCUT2D eigenvalue weighted by molar-refractivity contribution is -0.148. The molecular formula is C21H25N3O6S. The molecule has 3 rings (SSSR count). The van der Waals surface area contributed by atoms with Gasteiger partial charge in [-0.3, -0.25) is 9.52 Å². The molecule has 31 heavy (non-hydrogen) atoms. The van der Waals surface area contributed by atoms with E-state index >= 15 is 0 Å². The Balaban J connectivity index is 1.80. The van der Waals surface area contributed by atoms with Gasteiger partial charge in [-0.2, -0.15) is 0 Å². The van der Waals surface area contributed by atoms with Gasteiger partial charge in [-0.05, 0) is 44.4 Å². The van der Waals surface area contributed by atoms with Crippen LogP contribution in [0, 0.1) is 12.8 Å². The Kier molecular flexibility index (Phi) is 6.79. The van der Waals surface area contributed by atoms with Gasteiger partial charge >= 0.3 is 11.9 Å². The van der Waals surface area contributed by atoms with Crippen LogP contribution in [-0.2, 0) is 19.6 Å². The summed E-state index contributed by atoms with van der Waals surface area (Å²) in [6, 6.07) is 7.77. The fraction of sp³-hybridized carbons (Fsp3) is 0.381. The Morgan fingerprint density at radius 2 is 1.94 bits per heavy atom. The molecule has 0 atom stereocenters. The third-order valence-electron chi connectivity index (χ3n) is 5.15. The molecule has 1 aromatic carbocycles. The Bertz CT molecular complexity index is 1080. The molecule has 10 heteroatoms. The van der Waals surface area contributed by atoms with Crippen molar-refractivity contribution in [3.05, 3.63) is 47.7 Å². The molecule has 1 fully saturated rings. The molecular weight excluding hydrogens is 422 g/mol. The molecule has 1 aromatic heterocycles. The number of aromatic carboxylic acids is 1. The van der Waals surface area contributed by atoms with E-state index < -0.39 is 16.0 Å². The van der Waals surface area contributed by atoms with Crippen LogP contribution in [-0.4, -0.2) is 50.1 Å². The van der Waals surface area contributed by atoms with Crippen molar-refractivity contribution in [3.8, 4) is 0 Å². The predicted molar refractivity (Wildman–Crippen MR) is 115 cm³/mol. The molecule has 1 aliphatic rings. The first-order chi connectivity index (χ1) is 14.7. The summed E-state index contributed by atoms with van der Waals surface area (Å²) in [5.74, 6) is -1.43. The minimum absolute atomic E-state index is 0.0609. The maximum absolute atomic E-state index is 12.7. The van der Waals surface area contributed by atoms with Gasteiger partial charge in [0.05, 0.1) is 29.3 Å². The maximum atomic E-state index is 12.7. The van der Waals surface area contributed by atoms with Gasteiger partial charge in [-0.25, -0.2) is 18.2 Å². The van der Waals surface area contributed by atoms with Crippen molar-refractivity contribution >= 4 is 33.5 Å². The van der Waals surface area contributed by atoms with Crippen molar-refractivity contribution in [1.29, 1.82) is 0 Å². The highest BCUT2D eigenvalue weighted by Gasteiger charge is 2.29. The number of piperidine rings is 1. The highest BCUT2D eigenvalue weighted by Crippen LogP contribution is 2.28. The Hall–Kier alpha value is -3.14. The van der Waals surface area contributed by atoms with Gasteiger partial charge in [0.25, 0.3) is 10.0 Å². The monoisotopic (exact) mass is 447 g/mol. The van der Waals surface area contributed by atoms with Crippen molar-refractivity contribution in [2.24, 2.45) is 5.92 Å². The molecule has 166 valence electrons. The average Bonchev–Trinajstić information content (AvgIpc) is 2.74. The van der Waals surface area contributed by atoms with Crippen molar-refractivity contribution in [2.75, 3.05) is 29.3 Å². The number of carbonyl (C=O) groups is 2. The summed E-state index contributed by atoms with van der Waals surface area (Å²) in [5, 5.41) is 9.67. The number of sulfonamides is 1. The molecule has 0 unspecified atom stereocenters.